The van der Waals surface area contributed by atoms with Gasteiger partial charge in [0.2, 0.25) is 10.0 Å². The van der Waals surface area contributed by atoms with Crippen LogP contribution < -0.4 is 5.73 Å². The highest BCUT2D eigenvalue weighted by molar-refractivity contribution is 9.10. The molecule has 0 saturated heterocycles. The van der Waals surface area contributed by atoms with E-state index in [4.69, 9.17) is 5.73 Å². The number of rotatable bonds is 4. The van der Waals surface area contributed by atoms with Crippen LogP contribution in [0.3, 0.4) is 0 Å². The number of phenols is 1. The molecule has 7 heteroatoms. The van der Waals surface area contributed by atoms with Gasteiger partial charge in [-0.25, -0.2) is 8.42 Å². The van der Waals surface area contributed by atoms with E-state index in [1.165, 1.54) is 23.5 Å². The first kappa shape index (κ1) is 15.8. The minimum Gasteiger partial charge on any atom is -0.508 e. The number of aromatic hydroxyl groups is 1. The monoisotopic (exact) mass is 370 g/mol. The van der Waals surface area contributed by atoms with Gasteiger partial charge in [-0.05, 0) is 40.2 Å². The first-order valence-electron chi connectivity index (χ1n) is 6.10. The molecular formula is C14H15BrN2O3S. The Kier molecular flexibility index (Phi) is 4.55. The van der Waals surface area contributed by atoms with Crippen molar-refractivity contribution in [3.8, 4) is 5.75 Å². The summed E-state index contributed by atoms with van der Waals surface area (Å²) in [6, 6.07) is 11.2. The third-order valence-electron chi connectivity index (χ3n) is 3.03. The molecule has 0 unspecified atom stereocenters. The summed E-state index contributed by atoms with van der Waals surface area (Å²) in [6.07, 6.45) is 0. The van der Waals surface area contributed by atoms with Gasteiger partial charge >= 0.3 is 0 Å². The van der Waals surface area contributed by atoms with Gasteiger partial charge in [0.15, 0.2) is 0 Å². The molecule has 2 aromatic carbocycles. The molecule has 0 bridgehead atoms. The SMILES string of the molecule is CN(Cc1ccccc1O)S(=O)(=O)c1cc(N)ccc1Br. The Labute approximate surface area is 132 Å². The first-order valence-corrected chi connectivity index (χ1v) is 8.34. The number of nitrogens with zero attached hydrogens (tertiary/aromatic N) is 1. The molecule has 0 radical (unpaired) electrons. The molecule has 0 aliphatic rings. The average Bonchev–Trinajstić information content (AvgIpc) is 2.43. The Bertz CT molecular complexity index is 763. The van der Waals surface area contributed by atoms with E-state index in [2.05, 4.69) is 15.9 Å². The van der Waals surface area contributed by atoms with Gasteiger partial charge in [0.25, 0.3) is 0 Å². The quantitative estimate of drug-likeness (QED) is 0.810. The van der Waals surface area contributed by atoms with E-state index in [9.17, 15) is 13.5 Å². The predicted octanol–water partition coefficient (Wildman–Crippen LogP) is 2.56. The molecular weight excluding hydrogens is 356 g/mol. The third kappa shape index (κ3) is 3.37. The van der Waals surface area contributed by atoms with Crippen molar-refractivity contribution in [2.45, 2.75) is 11.4 Å². The van der Waals surface area contributed by atoms with Crippen molar-refractivity contribution in [3.05, 3.63) is 52.5 Å². The fourth-order valence-electron chi connectivity index (χ4n) is 1.85. The van der Waals surface area contributed by atoms with Crippen molar-refractivity contribution in [1.29, 1.82) is 0 Å². The van der Waals surface area contributed by atoms with E-state index < -0.39 is 10.0 Å². The zero-order valence-electron chi connectivity index (χ0n) is 11.3. The summed E-state index contributed by atoms with van der Waals surface area (Å²) in [5.74, 6) is 0.0613. The summed E-state index contributed by atoms with van der Waals surface area (Å²) in [6.45, 7) is 0.0657. The van der Waals surface area contributed by atoms with E-state index in [1.54, 1.807) is 30.3 Å². The number of sulfonamides is 1. The van der Waals surface area contributed by atoms with E-state index in [1.807, 2.05) is 0 Å². The molecule has 0 aromatic heterocycles. The molecule has 0 amide bonds. The molecule has 0 heterocycles. The van der Waals surface area contributed by atoms with Crippen LogP contribution in [0.4, 0.5) is 5.69 Å². The van der Waals surface area contributed by atoms with Crippen molar-refractivity contribution >= 4 is 31.6 Å². The normalized spacial score (nSPS) is 11.8. The lowest BCUT2D eigenvalue weighted by Crippen LogP contribution is -2.27. The standard InChI is InChI=1S/C14H15BrN2O3S/c1-17(9-10-4-2-3-5-13(10)18)21(19,20)14-8-11(16)6-7-12(14)15/h2-8,18H,9,16H2,1H3. The van der Waals surface area contributed by atoms with Crippen LogP contribution in [0.2, 0.25) is 0 Å². The molecule has 21 heavy (non-hydrogen) atoms. The number of hydrogen-bond donors (Lipinski definition) is 2. The molecule has 3 N–H and O–H groups in total. The number of nitrogens with two attached hydrogens (primary N) is 1. The smallest absolute Gasteiger partial charge is 0.244 e. The van der Waals surface area contributed by atoms with Crippen LogP contribution in [-0.4, -0.2) is 24.9 Å². The average molecular weight is 371 g/mol. The lowest BCUT2D eigenvalue weighted by Gasteiger charge is -2.19. The van der Waals surface area contributed by atoms with Gasteiger partial charge in [0.05, 0.1) is 4.90 Å². The van der Waals surface area contributed by atoms with Gasteiger partial charge in [-0.2, -0.15) is 4.31 Å². The lowest BCUT2D eigenvalue weighted by molar-refractivity contribution is 0.435. The van der Waals surface area contributed by atoms with Crippen molar-refractivity contribution in [2.75, 3.05) is 12.8 Å². The van der Waals surface area contributed by atoms with E-state index in [0.717, 1.165) is 0 Å². The van der Waals surface area contributed by atoms with Gasteiger partial charge in [0, 0.05) is 29.3 Å². The number of anilines is 1. The van der Waals surface area contributed by atoms with Crippen LogP contribution >= 0.6 is 15.9 Å². The van der Waals surface area contributed by atoms with E-state index in [-0.39, 0.29) is 17.2 Å². The highest BCUT2D eigenvalue weighted by Crippen LogP contribution is 2.28. The zero-order valence-corrected chi connectivity index (χ0v) is 13.7. The summed E-state index contributed by atoms with van der Waals surface area (Å²) in [5.41, 5.74) is 6.56. The molecule has 5 nitrogen and oxygen atoms in total. The maximum absolute atomic E-state index is 12.6. The summed E-state index contributed by atoms with van der Waals surface area (Å²) in [7, 11) is -2.26. The van der Waals surface area contributed by atoms with Crippen LogP contribution in [0.5, 0.6) is 5.75 Å². The predicted molar refractivity (Wildman–Crippen MR) is 85.3 cm³/mol. The van der Waals surface area contributed by atoms with E-state index >= 15 is 0 Å². The molecule has 0 aliphatic heterocycles. The Morgan fingerprint density at radius 1 is 1.24 bits per heavy atom. The van der Waals surface area contributed by atoms with Crippen LogP contribution in [0.15, 0.2) is 51.8 Å². The molecule has 112 valence electrons. The topological polar surface area (TPSA) is 83.6 Å². The summed E-state index contributed by atoms with van der Waals surface area (Å²) in [5, 5.41) is 9.74. The largest absolute Gasteiger partial charge is 0.508 e. The second-order valence-electron chi connectivity index (χ2n) is 4.58. The number of para-hydroxylation sites is 1. The molecule has 0 aliphatic carbocycles. The number of hydrogen-bond acceptors (Lipinski definition) is 4. The lowest BCUT2D eigenvalue weighted by atomic mass is 10.2. The second-order valence-corrected chi connectivity index (χ2v) is 7.45. The fraction of sp³-hybridized carbons (Fsp3) is 0.143. The van der Waals surface area contributed by atoms with Crippen molar-refractivity contribution in [1.82, 2.24) is 4.31 Å². The van der Waals surface area contributed by atoms with Crippen LogP contribution in [-0.2, 0) is 16.6 Å². The van der Waals surface area contributed by atoms with Gasteiger partial charge in [-0.3, -0.25) is 0 Å². The minimum atomic E-state index is -3.71. The molecule has 2 aromatic rings. The third-order valence-corrected chi connectivity index (χ3v) is 5.83. The molecule has 2 rings (SSSR count). The molecule has 0 saturated carbocycles. The minimum absolute atomic E-state index is 0.0613. The highest BCUT2D eigenvalue weighted by Gasteiger charge is 2.24. The van der Waals surface area contributed by atoms with Gasteiger partial charge < -0.3 is 10.8 Å². The maximum atomic E-state index is 12.6. The Morgan fingerprint density at radius 3 is 2.57 bits per heavy atom. The van der Waals surface area contributed by atoms with E-state index in [0.29, 0.717) is 15.7 Å². The Hall–Kier alpha value is -1.57. The second kappa shape index (κ2) is 6.05. The number of nitrogen functional groups attached to an aromatic ring is 1. The van der Waals surface area contributed by atoms with Crippen LogP contribution in [0, 0.1) is 0 Å². The van der Waals surface area contributed by atoms with Gasteiger partial charge in [-0.1, -0.05) is 18.2 Å². The Balaban J connectivity index is 2.35. The summed E-state index contributed by atoms with van der Waals surface area (Å²) < 4.78 is 26.8. The molecule has 0 spiro atoms. The van der Waals surface area contributed by atoms with Crippen molar-refractivity contribution in [3.63, 3.8) is 0 Å². The maximum Gasteiger partial charge on any atom is 0.244 e. The molecule has 0 fully saturated rings. The van der Waals surface area contributed by atoms with Gasteiger partial charge in [-0.15, -0.1) is 0 Å². The van der Waals surface area contributed by atoms with Crippen molar-refractivity contribution in [2.24, 2.45) is 0 Å². The van der Waals surface area contributed by atoms with Gasteiger partial charge in [0.1, 0.15) is 5.75 Å². The first-order chi connectivity index (χ1) is 9.82. The number of phenolic OH excluding ortho intramolecular Hbond substituents is 1. The summed E-state index contributed by atoms with van der Waals surface area (Å²) in [4.78, 5) is 0.0976. The Morgan fingerprint density at radius 2 is 1.90 bits per heavy atom. The fourth-order valence-corrected chi connectivity index (χ4v) is 3.96. The number of benzene rings is 2. The van der Waals surface area contributed by atoms with Crippen molar-refractivity contribution < 1.29 is 13.5 Å². The summed E-state index contributed by atoms with van der Waals surface area (Å²) >= 11 is 3.22. The van der Waals surface area contributed by atoms with Crippen LogP contribution in [0.1, 0.15) is 5.56 Å². The van der Waals surface area contributed by atoms with Crippen LogP contribution in [0.25, 0.3) is 0 Å². The number of halogens is 1. The molecule has 0 atom stereocenters. The highest BCUT2D eigenvalue weighted by atomic mass is 79.9. The zero-order chi connectivity index (χ0) is 15.6.